The Morgan fingerprint density at radius 1 is 0.875 bits per heavy atom. The van der Waals surface area contributed by atoms with Crippen molar-refractivity contribution in [2.75, 3.05) is 73.6 Å². The van der Waals surface area contributed by atoms with Crippen LogP contribution in [0.15, 0.2) is 28.2 Å². The average Bonchev–Trinajstić information content (AvgIpc) is 2.96. The molecule has 3 aromatic rings. The molecule has 1 aromatic carbocycles. The Balaban J connectivity index is 0.00000736. The molecule has 0 unspecified atom stereocenters. The second-order valence-electron chi connectivity index (χ2n) is 9.38. The molecule has 0 saturated heterocycles. The summed E-state index contributed by atoms with van der Waals surface area (Å²) in [5, 5.41) is 47.4. The van der Waals surface area contributed by atoms with E-state index in [-0.39, 0.29) is 220 Å². The number of hydrogen-bond acceptors (Lipinski definition) is 20. The molecule has 0 spiro atoms. The van der Waals surface area contributed by atoms with Crippen molar-refractivity contribution in [1.29, 1.82) is 0 Å². The predicted octanol–water partition coefficient (Wildman–Crippen LogP) is -11.1. The fraction of sp³-hybridized carbons (Fsp3) is 0.360. The predicted molar refractivity (Wildman–Crippen MR) is 159 cm³/mol. The summed E-state index contributed by atoms with van der Waals surface area (Å²) in [6.45, 7) is 4.04. The molecular formula is C25H31K3N14O6. The van der Waals surface area contributed by atoms with Crippen LogP contribution in [0.1, 0.15) is 24.2 Å². The Hall–Kier alpha value is -0.691. The van der Waals surface area contributed by atoms with Crippen molar-refractivity contribution in [3.05, 3.63) is 23.8 Å². The van der Waals surface area contributed by atoms with Crippen LogP contribution in [0, 0.1) is 0 Å². The number of likely N-dealkylation sites (N-methyl/N-ethyl adjacent to an activating group) is 1. The average molecular weight is 741 g/mol. The van der Waals surface area contributed by atoms with E-state index in [1.165, 1.54) is 24.4 Å². The van der Waals surface area contributed by atoms with E-state index in [0.717, 1.165) is 5.71 Å². The van der Waals surface area contributed by atoms with Crippen molar-refractivity contribution in [3.8, 4) is 0 Å². The number of benzene rings is 1. The quantitative estimate of drug-likeness (QED) is 0.0350. The third-order valence-corrected chi connectivity index (χ3v) is 5.22. The number of aliphatic imine (C=N–C) groups is 2. The van der Waals surface area contributed by atoms with E-state index >= 15 is 0 Å². The summed E-state index contributed by atoms with van der Waals surface area (Å²) in [6.07, 6.45) is 1.17. The van der Waals surface area contributed by atoms with Gasteiger partial charge in [-0.15, -0.1) is 0 Å². The number of aliphatic carboxylic acids is 1. The number of carbonyl (C=O) groups excluding carboxylic acids is 2. The fourth-order valence-electron chi connectivity index (χ4n) is 3.26. The fourth-order valence-corrected chi connectivity index (χ4v) is 3.26. The summed E-state index contributed by atoms with van der Waals surface area (Å²) in [6, 6.07) is 4.21. The summed E-state index contributed by atoms with van der Waals surface area (Å²) in [4.78, 5) is 61.9. The zero-order chi connectivity index (χ0) is 32.8. The van der Waals surface area contributed by atoms with E-state index in [2.05, 4.69) is 71.4 Å². The van der Waals surface area contributed by atoms with Gasteiger partial charge in [-0.3, -0.25) is 4.99 Å². The third-order valence-electron chi connectivity index (χ3n) is 5.22. The number of carboxylic acids is 2. The molecule has 0 aliphatic heterocycles. The first-order valence-corrected chi connectivity index (χ1v) is 13.2. The molecule has 0 radical (unpaired) electrons. The Labute approximate surface area is 403 Å². The first-order chi connectivity index (χ1) is 21.5. The van der Waals surface area contributed by atoms with E-state index < -0.39 is 18.5 Å². The second-order valence-corrected chi connectivity index (χ2v) is 9.38. The number of rotatable bonds is 18. The number of aromatic nitrogens is 6. The summed E-state index contributed by atoms with van der Waals surface area (Å²) in [7, 11) is 3.77. The minimum absolute atomic E-state index is 0. The van der Waals surface area contributed by atoms with E-state index in [1.807, 2.05) is 32.8 Å². The first kappa shape index (κ1) is 47.3. The zero-order valence-electron chi connectivity index (χ0n) is 27.8. The SMILES string of the molecule is CC(C)=NCNc1nc(/N=C\CO[O-])nc(Nc2ccc(Nc3nc(NCCN(C)C)nc(NCC(=O)[O-])n3)c(C(=O)[O-])c2)n1.[K+].[K+].[K+]. The van der Waals surface area contributed by atoms with Gasteiger partial charge in [0.1, 0.15) is 6.67 Å². The summed E-state index contributed by atoms with van der Waals surface area (Å²) in [5.41, 5.74) is 0.863. The Morgan fingerprint density at radius 2 is 1.48 bits per heavy atom. The van der Waals surface area contributed by atoms with Crippen LogP contribution in [-0.4, -0.2) is 106 Å². The smallest absolute Gasteiger partial charge is 0.723 e. The van der Waals surface area contributed by atoms with Crippen molar-refractivity contribution in [1.82, 2.24) is 34.8 Å². The molecule has 0 saturated carbocycles. The standard InChI is InChI=1S/C25H34N14O6.3K/c1-14(2)29-13-30-23-34-21(27-8-10-45-44)35-24(38-23)31-15-5-6-17(16(11-15)19(42)43)32-25-36-20(26-7-9-39(3)4)33-22(37-25)28-12-18(40)41;;;/h5-6,8,11,44H,7,9-10,12-13H2,1-4H3,(H,40,41)(H,42,43)(H2,30,31,34,35,38)(H3,26,28,32,33,36,37);;;/q;3*+1/p-3/b27-8-;;;. The normalized spacial score (nSPS) is 10.2. The van der Waals surface area contributed by atoms with Crippen LogP contribution >= 0.6 is 0 Å². The minimum atomic E-state index is -1.52. The number of carbonyl (C=O) groups is 2. The molecule has 3 rings (SSSR count). The van der Waals surface area contributed by atoms with Gasteiger partial charge in [-0.2, -0.15) is 29.9 Å². The van der Waals surface area contributed by atoms with Crippen molar-refractivity contribution in [2.24, 2.45) is 9.98 Å². The van der Waals surface area contributed by atoms with Crippen LogP contribution in [0.4, 0.5) is 47.1 Å². The molecule has 0 fully saturated rings. The Bertz CT molecular complexity index is 1550. The summed E-state index contributed by atoms with van der Waals surface area (Å²) < 4.78 is 0. The van der Waals surface area contributed by atoms with E-state index in [1.54, 1.807) is 0 Å². The molecule has 48 heavy (non-hydrogen) atoms. The maximum atomic E-state index is 12.1. The first-order valence-electron chi connectivity index (χ1n) is 13.2. The van der Waals surface area contributed by atoms with Gasteiger partial charge in [0.05, 0.1) is 30.8 Å². The minimum Gasteiger partial charge on any atom is -0.723 e. The van der Waals surface area contributed by atoms with Crippen LogP contribution in [0.5, 0.6) is 0 Å². The summed E-state index contributed by atoms with van der Waals surface area (Å²) >= 11 is 0. The van der Waals surface area contributed by atoms with Crippen molar-refractivity contribution < 1.29 is 184 Å². The van der Waals surface area contributed by atoms with Gasteiger partial charge in [-0.25, -0.2) is 4.99 Å². The Morgan fingerprint density at radius 3 is 2.08 bits per heavy atom. The molecule has 23 heteroatoms. The Kier molecular flexibility index (Phi) is 24.9. The number of nitrogens with zero attached hydrogens (tertiary/aromatic N) is 9. The number of aromatic carboxylic acids is 1. The van der Waals surface area contributed by atoms with E-state index in [9.17, 15) is 25.1 Å². The van der Waals surface area contributed by atoms with Gasteiger partial charge in [-0.1, -0.05) is 0 Å². The number of carboxylic acid groups (broad SMARTS) is 2. The largest absolute Gasteiger partial charge is 1.00 e. The van der Waals surface area contributed by atoms with Crippen LogP contribution in [-0.2, 0) is 9.68 Å². The number of anilines is 7. The molecule has 2 heterocycles. The monoisotopic (exact) mass is 740 g/mol. The molecule has 0 atom stereocenters. The van der Waals surface area contributed by atoms with Gasteiger partial charge in [0.15, 0.2) is 0 Å². The molecule has 5 N–H and O–H groups in total. The van der Waals surface area contributed by atoms with Gasteiger partial charge >= 0.3 is 154 Å². The summed E-state index contributed by atoms with van der Waals surface area (Å²) in [5.74, 6) is -2.91. The number of nitrogens with one attached hydrogen (secondary N) is 5. The van der Waals surface area contributed by atoms with Crippen molar-refractivity contribution in [2.45, 2.75) is 13.8 Å². The van der Waals surface area contributed by atoms with Crippen LogP contribution in [0.2, 0.25) is 0 Å². The molecule has 240 valence electrons. The maximum Gasteiger partial charge on any atom is 1.00 e. The van der Waals surface area contributed by atoms with Crippen molar-refractivity contribution >= 4 is 70.9 Å². The van der Waals surface area contributed by atoms with Gasteiger partial charge in [0.25, 0.3) is 5.95 Å². The van der Waals surface area contributed by atoms with E-state index in [0.29, 0.717) is 13.1 Å². The number of hydrogen-bond donors (Lipinski definition) is 5. The van der Waals surface area contributed by atoms with Gasteiger partial charge in [0, 0.05) is 36.3 Å². The molecule has 0 aliphatic rings. The van der Waals surface area contributed by atoms with Crippen molar-refractivity contribution in [3.63, 3.8) is 0 Å². The molecule has 20 nitrogen and oxygen atoms in total. The van der Waals surface area contributed by atoms with Gasteiger partial charge in [0.2, 0.25) is 29.7 Å². The molecule has 0 aliphatic carbocycles. The van der Waals surface area contributed by atoms with Crippen LogP contribution < -0.4 is 196 Å². The molecule has 2 aromatic heterocycles. The molecule has 0 amide bonds. The van der Waals surface area contributed by atoms with Gasteiger partial charge < -0.3 is 61.4 Å². The maximum absolute atomic E-state index is 12.1. The van der Waals surface area contributed by atoms with Crippen LogP contribution in [0.25, 0.3) is 0 Å². The van der Waals surface area contributed by atoms with Crippen LogP contribution in [0.3, 0.4) is 0 Å². The second kappa shape index (κ2) is 25.3. The zero-order valence-corrected chi connectivity index (χ0v) is 37.2. The third kappa shape index (κ3) is 18.0. The topological polar surface area (TPSA) is 278 Å². The molecular weight excluding hydrogens is 710 g/mol. The molecule has 0 bridgehead atoms. The van der Waals surface area contributed by atoms with E-state index in [4.69, 9.17) is 0 Å². The van der Waals surface area contributed by atoms with Gasteiger partial charge in [-0.05, 0) is 46.1 Å².